The summed E-state index contributed by atoms with van der Waals surface area (Å²) in [5.74, 6) is 0.494. The first-order valence-electron chi connectivity index (χ1n) is 10.4. The smallest absolute Gasteiger partial charge is 0.258 e. The summed E-state index contributed by atoms with van der Waals surface area (Å²) in [4.78, 5) is 6.68. The molecule has 0 radical (unpaired) electrons. The highest BCUT2D eigenvalue weighted by Gasteiger charge is 2.33. The molecule has 2 aromatic carbocycles. The second kappa shape index (κ2) is 9.58. The second-order valence-corrected chi connectivity index (χ2v) is 8.11. The molecule has 0 fully saturated rings. The Labute approximate surface area is 192 Å². The highest BCUT2D eigenvalue weighted by molar-refractivity contribution is 7.80. The van der Waals surface area contributed by atoms with Crippen LogP contribution in [-0.4, -0.2) is 40.4 Å². The number of thiocarbonyl (C=S) groups is 1. The molecule has 166 valence electrons. The molecule has 2 heterocycles. The zero-order chi connectivity index (χ0) is 22.7. The van der Waals surface area contributed by atoms with Gasteiger partial charge in [-0.25, -0.2) is 4.39 Å². The third-order valence-corrected chi connectivity index (χ3v) is 5.83. The van der Waals surface area contributed by atoms with Crippen LogP contribution in [0.3, 0.4) is 0 Å². The topological polar surface area (TPSA) is 63.4 Å². The monoisotopic (exact) mass is 452 g/mol. The molecule has 3 aromatic rings. The number of benzene rings is 2. The molecule has 1 unspecified atom stereocenters. The Bertz CT molecular complexity index is 1130. The van der Waals surface area contributed by atoms with Gasteiger partial charge in [0.2, 0.25) is 5.82 Å². The van der Waals surface area contributed by atoms with Crippen LogP contribution in [-0.2, 0) is 4.74 Å². The SMILES string of the molecule is COCCCN1C(=S)NC(c2ccc(C)cc2)C(c2nc(-c3ccc(F)cc3)no2)=C1C. The molecule has 1 N–H and O–H groups in total. The van der Waals surface area contributed by atoms with Crippen LogP contribution in [0.1, 0.15) is 36.4 Å². The van der Waals surface area contributed by atoms with Crippen LogP contribution in [0.4, 0.5) is 4.39 Å². The van der Waals surface area contributed by atoms with Crippen LogP contribution in [0.25, 0.3) is 17.0 Å². The average Bonchev–Trinajstić information content (AvgIpc) is 3.26. The van der Waals surface area contributed by atoms with Gasteiger partial charge in [-0.2, -0.15) is 4.98 Å². The third-order valence-electron chi connectivity index (χ3n) is 5.50. The van der Waals surface area contributed by atoms with E-state index < -0.39 is 0 Å². The van der Waals surface area contributed by atoms with Gasteiger partial charge in [0.15, 0.2) is 5.11 Å². The lowest BCUT2D eigenvalue weighted by molar-refractivity contribution is 0.188. The van der Waals surface area contributed by atoms with E-state index in [-0.39, 0.29) is 11.9 Å². The van der Waals surface area contributed by atoms with Gasteiger partial charge in [-0.1, -0.05) is 35.0 Å². The summed E-state index contributed by atoms with van der Waals surface area (Å²) in [7, 11) is 1.68. The van der Waals surface area contributed by atoms with Gasteiger partial charge in [0.05, 0.1) is 11.6 Å². The maximum Gasteiger partial charge on any atom is 0.258 e. The molecule has 1 aliphatic heterocycles. The van der Waals surface area contributed by atoms with Crippen molar-refractivity contribution in [3.8, 4) is 11.4 Å². The van der Waals surface area contributed by atoms with Crippen molar-refractivity contribution in [2.75, 3.05) is 20.3 Å². The van der Waals surface area contributed by atoms with Crippen molar-refractivity contribution in [3.63, 3.8) is 0 Å². The molecule has 1 aliphatic rings. The number of aryl methyl sites for hydroxylation is 1. The Morgan fingerprint density at radius 2 is 1.84 bits per heavy atom. The van der Waals surface area contributed by atoms with Crippen LogP contribution in [0.5, 0.6) is 0 Å². The van der Waals surface area contributed by atoms with Crippen molar-refractivity contribution in [2.45, 2.75) is 26.3 Å². The quantitative estimate of drug-likeness (QED) is 0.405. The molecule has 8 heteroatoms. The highest BCUT2D eigenvalue weighted by atomic mass is 32.1. The number of nitrogens with zero attached hydrogens (tertiary/aromatic N) is 3. The molecule has 32 heavy (non-hydrogen) atoms. The lowest BCUT2D eigenvalue weighted by Gasteiger charge is -2.37. The fourth-order valence-corrected chi connectivity index (χ4v) is 4.10. The van der Waals surface area contributed by atoms with Gasteiger partial charge in [0.1, 0.15) is 5.82 Å². The molecule has 0 bridgehead atoms. The predicted molar refractivity (Wildman–Crippen MR) is 125 cm³/mol. The Morgan fingerprint density at radius 1 is 1.12 bits per heavy atom. The summed E-state index contributed by atoms with van der Waals surface area (Å²) >= 11 is 5.69. The zero-order valence-electron chi connectivity index (χ0n) is 18.3. The molecule has 0 saturated heterocycles. The number of hydrogen-bond donors (Lipinski definition) is 1. The zero-order valence-corrected chi connectivity index (χ0v) is 19.1. The highest BCUT2D eigenvalue weighted by Crippen LogP contribution is 2.37. The van der Waals surface area contributed by atoms with E-state index in [1.54, 1.807) is 19.2 Å². The van der Waals surface area contributed by atoms with Gasteiger partial charge < -0.3 is 19.5 Å². The van der Waals surface area contributed by atoms with Crippen LogP contribution in [0.15, 0.2) is 58.8 Å². The minimum Gasteiger partial charge on any atom is -0.385 e. The summed E-state index contributed by atoms with van der Waals surface area (Å²) in [6.07, 6.45) is 0.822. The summed E-state index contributed by atoms with van der Waals surface area (Å²) < 4.78 is 24.2. The first-order chi connectivity index (χ1) is 15.5. The third kappa shape index (κ3) is 4.56. The first kappa shape index (κ1) is 22.1. The van der Waals surface area contributed by atoms with E-state index in [4.69, 9.17) is 21.5 Å². The predicted octanol–water partition coefficient (Wildman–Crippen LogP) is 4.88. The van der Waals surface area contributed by atoms with Crippen molar-refractivity contribution in [1.29, 1.82) is 0 Å². The number of allylic oxidation sites excluding steroid dienone is 1. The van der Waals surface area contributed by atoms with Crippen molar-refractivity contribution >= 4 is 22.9 Å². The van der Waals surface area contributed by atoms with E-state index in [9.17, 15) is 4.39 Å². The van der Waals surface area contributed by atoms with Gasteiger partial charge in [0.25, 0.3) is 5.89 Å². The van der Waals surface area contributed by atoms with E-state index >= 15 is 0 Å². The van der Waals surface area contributed by atoms with Crippen molar-refractivity contribution in [1.82, 2.24) is 20.4 Å². The van der Waals surface area contributed by atoms with Crippen molar-refractivity contribution < 1.29 is 13.7 Å². The molecule has 6 nitrogen and oxygen atoms in total. The number of ether oxygens (including phenoxy) is 1. The number of methoxy groups -OCH3 is 1. The molecule has 0 aliphatic carbocycles. The molecule has 1 aromatic heterocycles. The molecule has 0 amide bonds. The Morgan fingerprint density at radius 3 is 2.53 bits per heavy atom. The average molecular weight is 453 g/mol. The van der Waals surface area contributed by atoms with Gasteiger partial charge in [0, 0.05) is 31.5 Å². The van der Waals surface area contributed by atoms with Gasteiger partial charge in [-0.05, 0) is 62.3 Å². The van der Waals surface area contributed by atoms with E-state index in [1.807, 2.05) is 11.8 Å². The fourth-order valence-electron chi connectivity index (χ4n) is 3.75. The normalized spacial score (nSPS) is 16.4. The van der Waals surface area contributed by atoms with E-state index in [1.165, 1.54) is 17.7 Å². The number of aromatic nitrogens is 2. The second-order valence-electron chi connectivity index (χ2n) is 7.72. The lowest BCUT2D eigenvalue weighted by Crippen LogP contribution is -2.46. The largest absolute Gasteiger partial charge is 0.385 e. The molecule has 0 saturated carbocycles. The Balaban J connectivity index is 1.76. The van der Waals surface area contributed by atoms with Gasteiger partial charge >= 0.3 is 0 Å². The molecule has 1 atom stereocenters. The number of rotatable bonds is 7. The van der Waals surface area contributed by atoms with Gasteiger partial charge in [-0.3, -0.25) is 0 Å². The Kier molecular flexibility index (Phi) is 6.62. The van der Waals surface area contributed by atoms with Crippen LogP contribution >= 0.6 is 12.2 Å². The minimum atomic E-state index is -0.313. The summed E-state index contributed by atoms with van der Waals surface area (Å²) in [6, 6.07) is 14.1. The number of hydrogen-bond acceptors (Lipinski definition) is 5. The summed E-state index contributed by atoms with van der Waals surface area (Å²) in [5.41, 5.74) is 4.71. The van der Waals surface area contributed by atoms with Crippen LogP contribution in [0.2, 0.25) is 0 Å². The maximum absolute atomic E-state index is 13.3. The van der Waals surface area contributed by atoms with Crippen molar-refractivity contribution in [2.24, 2.45) is 0 Å². The van der Waals surface area contributed by atoms with Crippen molar-refractivity contribution in [3.05, 3.63) is 77.1 Å². The molecule has 4 rings (SSSR count). The van der Waals surface area contributed by atoms with Gasteiger partial charge in [-0.15, -0.1) is 0 Å². The minimum absolute atomic E-state index is 0.233. The van der Waals surface area contributed by atoms with E-state index in [2.05, 4.69) is 46.6 Å². The lowest BCUT2D eigenvalue weighted by atomic mass is 9.94. The summed E-state index contributed by atoms with van der Waals surface area (Å²) in [5, 5.41) is 8.24. The van der Waals surface area contributed by atoms with Crippen LogP contribution in [0, 0.1) is 12.7 Å². The fraction of sp³-hybridized carbons (Fsp3) is 0.292. The summed E-state index contributed by atoms with van der Waals surface area (Å²) in [6.45, 7) is 5.40. The molecular formula is C24H25FN4O2S. The standard InChI is InChI=1S/C24H25FN4O2S/c1-15-5-7-17(8-6-15)21-20(16(2)29(24(32)26-21)13-4-14-30-3)23-27-22(28-31-23)18-9-11-19(25)12-10-18/h5-12,21H,4,13-14H2,1-3H3,(H,26,32). The number of halogens is 1. The molecular weight excluding hydrogens is 427 g/mol. The van der Waals surface area contributed by atoms with E-state index in [0.29, 0.717) is 35.5 Å². The molecule has 0 spiro atoms. The Hall–Kier alpha value is -3.10. The van der Waals surface area contributed by atoms with Crippen LogP contribution < -0.4 is 5.32 Å². The maximum atomic E-state index is 13.3. The first-order valence-corrected chi connectivity index (χ1v) is 10.8. The number of nitrogens with one attached hydrogen (secondary N) is 1. The van der Waals surface area contributed by atoms with E-state index in [0.717, 1.165) is 23.3 Å².